The van der Waals surface area contributed by atoms with Gasteiger partial charge in [0.2, 0.25) is 8.32 Å². The summed E-state index contributed by atoms with van der Waals surface area (Å²) >= 11 is 0. The van der Waals surface area contributed by atoms with Crippen molar-refractivity contribution in [2.45, 2.75) is 32.0 Å². The quantitative estimate of drug-likeness (QED) is 0.504. The molecule has 0 aliphatic rings. The second kappa shape index (κ2) is 8.02. The van der Waals surface area contributed by atoms with E-state index in [9.17, 15) is 0 Å². The Labute approximate surface area is 140 Å². The second-order valence-electron chi connectivity index (χ2n) is 6.61. The van der Waals surface area contributed by atoms with Crippen LogP contribution in [-0.2, 0) is 15.6 Å². The van der Waals surface area contributed by atoms with Crippen LogP contribution in [0.4, 0.5) is 0 Å². The molecule has 2 rings (SSSR count). The molecule has 0 heterocycles. The van der Waals surface area contributed by atoms with Gasteiger partial charge in [0.15, 0.2) is 0 Å². The van der Waals surface area contributed by atoms with Crippen molar-refractivity contribution in [1.29, 1.82) is 0 Å². The molecule has 0 aromatic heterocycles. The highest BCUT2D eigenvalue weighted by molar-refractivity contribution is 6.70. The van der Waals surface area contributed by atoms with E-state index in [0.717, 1.165) is 6.42 Å². The Morgan fingerprint density at radius 1 is 0.957 bits per heavy atom. The summed E-state index contributed by atoms with van der Waals surface area (Å²) in [5.74, 6) is 0.860. The first kappa shape index (κ1) is 17.4. The van der Waals surface area contributed by atoms with Gasteiger partial charge in [-0.2, -0.15) is 0 Å². The minimum Gasteiger partial charge on any atom is -0.520 e. The topological polar surface area (TPSA) is 18.5 Å². The van der Waals surface area contributed by atoms with Crippen molar-refractivity contribution in [2.75, 3.05) is 7.11 Å². The summed E-state index contributed by atoms with van der Waals surface area (Å²) in [7, 11) is -0.0172. The van der Waals surface area contributed by atoms with Crippen LogP contribution in [0.1, 0.15) is 17.0 Å². The van der Waals surface area contributed by atoms with E-state index < -0.39 is 8.32 Å². The molecule has 2 aromatic rings. The van der Waals surface area contributed by atoms with Gasteiger partial charge >= 0.3 is 0 Å². The molecule has 1 unspecified atom stereocenters. The lowest BCUT2D eigenvalue weighted by Crippen LogP contribution is -2.25. The van der Waals surface area contributed by atoms with E-state index in [-0.39, 0.29) is 5.92 Å². The molecule has 122 valence electrons. The Morgan fingerprint density at radius 2 is 1.52 bits per heavy atom. The third-order valence-corrected chi connectivity index (χ3v) is 4.28. The lowest BCUT2D eigenvalue weighted by atomic mass is 9.92. The van der Waals surface area contributed by atoms with Gasteiger partial charge in [-0.3, -0.25) is 0 Å². The summed E-state index contributed by atoms with van der Waals surface area (Å²) < 4.78 is 11.5. The summed E-state index contributed by atoms with van der Waals surface area (Å²) in [6.45, 7) is 6.48. The molecule has 2 aromatic carbocycles. The molecule has 0 amide bonds. The van der Waals surface area contributed by atoms with E-state index in [1.54, 1.807) is 7.11 Å². The number of allylic oxidation sites excluding steroid dienone is 1. The minimum atomic E-state index is -1.69. The van der Waals surface area contributed by atoms with Crippen LogP contribution in [-0.4, -0.2) is 15.4 Å². The van der Waals surface area contributed by atoms with Crippen LogP contribution in [0.5, 0.6) is 0 Å². The summed E-state index contributed by atoms with van der Waals surface area (Å²) in [5, 5.41) is 0. The van der Waals surface area contributed by atoms with Crippen LogP contribution in [0, 0.1) is 0 Å². The minimum absolute atomic E-state index is 0.227. The number of benzene rings is 2. The summed E-state index contributed by atoms with van der Waals surface area (Å²) in [6, 6.07) is 21.0. The molecule has 0 radical (unpaired) electrons. The van der Waals surface area contributed by atoms with Gasteiger partial charge in [-0.15, -0.1) is 0 Å². The molecule has 0 N–H and O–H groups in total. The highest BCUT2D eigenvalue weighted by atomic mass is 28.4. The van der Waals surface area contributed by atoms with E-state index in [1.165, 1.54) is 11.1 Å². The van der Waals surface area contributed by atoms with Gasteiger partial charge in [0.25, 0.3) is 5.95 Å². The predicted molar refractivity (Wildman–Crippen MR) is 98.9 cm³/mol. The van der Waals surface area contributed by atoms with Crippen molar-refractivity contribution in [3.63, 3.8) is 0 Å². The van der Waals surface area contributed by atoms with Crippen molar-refractivity contribution in [3.8, 4) is 0 Å². The smallest absolute Gasteiger partial charge is 0.261 e. The Kier molecular flexibility index (Phi) is 6.05. The first-order valence-electron chi connectivity index (χ1n) is 8.01. The zero-order valence-corrected chi connectivity index (χ0v) is 15.5. The Morgan fingerprint density at radius 3 is 2.04 bits per heavy atom. The van der Waals surface area contributed by atoms with Crippen molar-refractivity contribution >= 4 is 8.32 Å². The van der Waals surface area contributed by atoms with E-state index in [0.29, 0.717) is 5.95 Å². The molecule has 0 saturated heterocycles. The van der Waals surface area contributed by atoms with Crippen LogP contribution in [0.15, 0.2) is 72.7 Å². The monoisotopic (exact) mass is 326 g/mol. The fourth-order valence-electron chi connectivity index (χ4n) is 2.45. The molecule has 23 heavy (non-hydrogen) atoms. The highest BCUT2D eigenvalue weighted by Crippen LogP contribution is 2.25. The molecule has 2 nitrogen and oxygen atoms in total. The first-order valence-corrected chi connectivity index (χ1v) is 11.4. The van der Waals surface area contributed by atoms with Crippen LogP contribution in [0.2, 0.25) is 19.6 Å². The van der Waals surface area contributed by atoms with Crippen LogP contribution < -0.4 is 0 Å². The first-order chi connectivity index (χ1) is 11.0. The van der Waals surface area contributed by atoms with Crippen molar-refractivity contribution in [3.05, 3.63) is 83.8 Å². The second-order valence-corrected chi connectivity index (χ2v) is 11.0. The SMILES string of the molecule is CO/C(=C/C(Cc1ccccc1)c1ccccc1)O[Si](C)(C)C. The fraction of sp³-hybridized carbons (Fsp3) is 0.300. The summed E-state index contributed by atoms with van der Waals surface area (Å²) in [4.78, 5) is 0. The Hall–Kier alpha value is -2.00. The lowest BCUT2D eigenvalue weighted by Gasteiger charge is -2.22. The third kappa shape index (κ3) is 5.95. The molecule has 0 bridgehead atoms. The number of hydrogen-bond donors (Lipinski definition) is 0. The van der Waals surface area contributed by atoms with Gasteiger partial charge in [0, 0.05) is 12.0 Å². The Balaban J connectivity index is 2.29. The number of ether oxygens (including phenoxy) is 1. The zero-order chi connectivity index (χ0) is 16.7. The molecular formula is C20H26O2Si. The van der Waals surface area contributed by atoms with E-state index in [1.807, 2.05) is 12.1 Å². The highest BCUT2D eigenvalue weighted by Gasteiger charge is 2.20. The van der Waals surface area contributed by atoms with Crippen molar-refractivity contribution in [1.82, 2.24) is 0 Å². The molecule has 0 spiro atoms. The molecule has 3 heteroatoms. The average Bonchev–Trinajstić information content (AvgIpc) is 2.54. The Bertz CT molecular complexity index is 615. The van der Waals surface area contributed by atoms with Gasteiger partial charge in [0.1, 0.15) is 0 Å². The molecule has 0 saturated carbocycles. The average molecular weight is 327 g/mol. The molecule has 0 fully saturated rings. The molecular weight excluding hydrogens is 300 g/mol. The van der Waals surface area contributed by atoms with Gasteiger partial charge in [-0.05, 0) is 37.2 Å². The van der Waals surface area contributed by atoms with Crippen LogP contribution >= 0.6 is 0 Å². The fourth-order valence-corrected chi connectivity index (χ4v) is 3.21. The maximum absolute atomic E-state index is 6.05. The molecule has 0 aliphatic carbocycles. The standard InChI is InChI=1S/C20H26O2Si/c1-21-20(22-23(2,3)4)16-19(18-13-9-6-10-14-18)15-17-11-7-5-8-12-17/h5-14,16,19H,15H2,1-4H3/b20-16-. The lowest BCUT2D eigenvalue weighted by molar-refractivity contribution is 0.144. The van der Waals surface area contributed by atoms with E-state index in [2.05, 4.69) is 74.2 Å². The summed E-state index contributed by atoms with van der Waals surface area (Å²) in [5.41, 5.74) is 2.58. The van der Waals surface area contributed by atoms with Gasteiger partial charge in [-0.1, -0.05) is 60.7 Å². The van der Waals surface area contributed by atoms with Gasteiger partial charge in [-0.25, -0.2) is 0 Å². The van der Waals surface area contributed by atoms with Crippen molar-refractivity contribution in [2.24, 2.45) is 0 Å². The summed E-state index contributed by atoms with van der Waals surface area (Å²) in [6.07, 6.45) is 3.04. The maximum atomic E-state index is 6.05. The van der Waals surface area contributed by atoms with Crippen LogP contribution in [0.3, 0.4) is 0 Å². The van der Waals surface area contributed by atoms with E-state index >= 15 is 0 Å². The third-order valence-electron chi connectivity index (χ3n) is 3.47. The zero-order valence-electron chi connectivity index (χ0n) is 14.5. The van der Waals surface area contributed by atoms with Crippen molar-refractivity contribution < 1.29 is 9.16 Å². The van der Waals surface area contributed by atoms with E-state index in [4.69, 9.17) is 9.16 Å². The number of hydrogen-bond acceptors (Lipinski definition) is 2. The maximum Gasteiger partial charge on any atom is 0.261 e. The number of methoxy groups -OCH3 is 1. The predicted octanol–water partition coefficient (Wildman–Crippen LogP) is 5.35. The van der Waals surface area contributed by atoms with Gasteiger partial charge in [0.05, 0.1) is 7.11 Å². The molecule has 0 aliphatic heterocycles. The largest absolute Gasteiger partial charge is 0.520 e. The number of rotatable bonds is 7. The molecule has 1 atom stereocenters. The van der Waals surface area contributed by atoms with Crippen LogP contribution in [0.25, 0.3) is 0 Å². The normalized spacial score (nSPS) is 13.5. The van der Waals surface area contributed by atoms with Gasteiger partial charge < -0.3 is 9.16 Å².